The highest BCUT2D eigenvalue weighted by molar-refractivity contribution is 5.79. The molecule has 1 heterocycles. The van der Waals surface area contributed by atoms with Crippen LogP contribution in [0.5, 0.6) is 0 Å². The molecule has 0 aromatic rings. The second-order valence-corrected chi connectivity index (χ2v) is 5.78. The number of piperidine rings is 1. The van der Waals surface area contributed by atoms with Gasteiger partial charge >= 0.3 is 0 Å². The molecule has 0 spiro atoms. The van der Waals surface area contributed by atoms with Gasteiger partial charge in [-0.05, 0) is 51.7 Å². The topological polar surface area (TPSA) is 44.4 Å². The summed E-state index contributed by atoms with van der Waals surface area (Å²) >= 11 is 0. The summed E-state index contributed by atoms with van der Waals surface area (Å²) in [6.45, 7) is 7.53. The Hall–Kier alpha value is -1.05. The van der Waals surface area contributed by atoms with Gasteiger partial charge in [0.2, 0.25) is 5.91 Å². The number of nitrogens with zero attached hydrogens (tertiary/aromatic N) is 1. The van der Waals surface area contributed by atoms with Crippen molar-refractivity contribution in [1.82, 2.24) is 15.5 Å². The monoisotopic (exact) mass is 279 g/mol. The SMILES string of the molecule is C#CC(CC)(CC)NC(=O)CN1CCCC(CNC)C1. The minimum Gasteiger partial charge on any atom is -0.339 e. The maximum Gasteiger partial charge on any atom is 0.235 e. The minimum absolute atomic E-state index is 0.0526. The van der Waals surface area contributed by atoms with Gasteiger partial charge < -0.3 is 10.6 Å². The summed E-state index contributed by atoms with van der Waals surface area (Å²) in [6.07, 6.45) is 9.54. The average molecular weight is 279 g/mol. The second-order valence-electron chi connectivity index (χ2n) is 5.78. The molecule has 4 heteroatoms. The lowest BCUT2D eigenvalue weighted by atomic mass is 9.93. The Bertz CT molecular complexity index is 342. The second kappa shape index (κ2) is 8.28. The van der Waals surface area contributed by atoms with Crippen LogP contribution in [-0.2, 0) is 4.79 Å². The van der Waals surface area contributed by atoms with E-state index in [1.165, 1.54) is 12.8 Å². The van der Waals surface area contributed by atoms with Crippen LogP contribution in [0.1, 0.15) is 39.5 Å². The van der Waals surface area contributed by atoms with Gasteiger partial charge in [-0.15, -0.1) is 6.42 Å². The molecule has 114 valence electrons. The normalized spacial score (nSPS) is 20.4. The fourth-order valence-electron chi connectivity index (χ4n) is 2.93. The van der Waals surface area contributed by atoms with Crippen LogP contribution < -0.4 is 10.6 Å². The first kappa shape index (κ1) is 17.0. The lowest BCUT2D eigenvalue weighted by molar-refractivity contribution is -0.124. The predicted octanol–water partition coefficient (Wildman–Crippen LogP) is 1.23. The van der Waals surface area contributed by atoms with Crippen molar-refractivity contribution < 1.29 is 4.79 Å². The summed E-state index contributed by atoms with van der Waals surface area (Å²) in [6, 6.07) is 0. The molecule has 1 fully saturated rings. The molecule has 1 aliphatic rings. The van der Waals surface area contributed by atoms with Crippen LogP contribution in [0.4, 0.5) is 0 Å². The smallest absolute Gasteiger partial charge is 0.235 e. The van der Waals surface area contributed by atoms with Gasteiger partial charge in [-0.25, -0.2) is 0 Å². The molecule has 0 bridgehead atoms. The summed E-state index contributed by atoms with van der Waals surface area (Å²) in [5.74, 6) is 3.45. The minimum atomic E-state index is -0.475. The molecule has 1 saturated heterocycles. The third kappa shape index (κ3) is 4.81. The summed E-state index contributed by atoms with van der Waals surface area (Å²) in [5.41, 5.74) is -0.475. The van der Waals surface area contributed by atoms with E-state index in [2.05, 4.69) is 21.5 Å². The number of terminal acetylenes is 1. The van der Waals surface area contributed by atoms with Gasteiger partial charge in [0.1, 0.15) is 5.54 Å². The zero-order valence-electron chi connectivity index (χ0n) is 13.2. The number of amides is 1. The van der Waals surface area contributed by atoms with Crippen molar-refractivity contribution in [3.8, 4) is 12.3 Å². The Kier molecular flexibility index (Phi) is 7.04. The van der Waals surface area contributed by atoms with E-state index >= 15 is 0 Å². The number of likely N-dealkylation sites (tertiary alicyclic amines) is 1. The van der Waals surface area contributed by atoms with Crippen molar-refractivity contribution in [2.75, 3.05) is 33.2 Å². The molecule has 2 N–H and O–H groups in total. The van der Waals surface area contributed by atoms with Crippen LogP contribution >= 0.6 is 0 Å². The zero-order valence-corrected chi connectivity index (χ0v) is 13.2. The van der Waals surface area contributed by atoms with Gasteiger partial charge in [-0.3, -0.25) is 9.69 Å². The third-order valence-electron chi connectivity index (χ3n) is 4.33. The highest BCUT2D eigenvalue weighted by Crippen LogP contribution is 2.16. The summed E-state index contributed by atoms with van der Waals surface area (Å²) in [4.78, 5) is 14.4. The van der Waals surface area contributed by atoms with Crippen LogP contribution in [0, 0.1) is 18.3 Å². The molecule has 0 aliphatic carbocycles. The lowest BCUT2D eigenvalue weighted by Crippen LogP contribution is -2.51. The van der Waals surface area contributed by atoms with Gasteiger partial charge in [-0.2, -0.15) is 0 Å². The molecule has 4 nitrogen and oxygen atoms in total. The molecule has 0 aromatic carbocycles. The Balaban J connectivity index is 2.47. The average Bonchev–Trinajstić information content (AvgIpc) is 2.46. The van der Waals surface area contributed by atoms with Crippen LogP contribution in [0.15, 0.2) is 0 Å². The van der Waals surface area contributed by atoms with E-state index in [1.807, 2.05) is 20.9 Å². The molecule has 0 radical (unpaired) electrons. The quantitative estimate of drug-likeness (QED) is 0.689. The molecule has 0 saturated carbocycles. The molecule has 1 aliphatic heterocycles. The number of carbonyl (C=O) groups is 1. The van der Waals surface area contributed by atoms with Gasteiger partial charge in [-0.1, -0.05) is 19.8 Å². The van der Waals surface area contributed by atoms with E-state index in [4.69, 9.17) is 6.42 Å². The first-order valence-electron chi connectivity index (χ1n) is 7.74. The number of hydrogen-bond acceptors (Lipinski definition) is 3. The molecule has 1 unspecified atom stereocenters. The highest BCUT2D eigenvalue weighted by atomic mass is 16.2. The van der Waals surface area contributed by atoms with E-state index in [9.17, 15) is 4.79 Å². The van der Waals surface area contributed by atoms with Crippen molar-refractivity contribution in [3.63, 3.8) is 0 Å². The lowest BCUT2D eigenvalue weighted by Gasteiger charge is -2.33. The Morgan fingerprint density at radius 1 is 1.45 bits per heavy atom. The van der Waals surface area contributed by atoms with E-state index in [-0.39, 0.29) is 5.91 Å². The number of carbonyl (C=O) groups excluding carboxylic acids is 1. The van der Waals surface area contributed by atoms with Gasteiger partial charge in [0, 0.05) is 6.54 Å². The zero-order chi connectivity index (χ0) is 15.0. The van der Waals surface area contributed by atoms with Gasteiger partial charge in [0.05, 0.1) is 6.54 Å². The highest BCUT2D eigenvalue weighted by Gasteiger charge is 2.27. The largest absolute Gasteiger partial charge is 0.339 e. The third-order valence-corrected chi connectivity index (χ3v) is 4.33. The van der Waals surface area contributed by atoms with Crippen LogP contribution in [-0.4, -0.2) is 49.6 Å². The Labute approximate surface area is 123 Å². The van der Waals surface area contributed by atoms with E-state index < -0.39 is 5.54 Å². The number of nitrogens with one attached hydrogen (secondary N) is 2. The maximum atomic E-state index is 12.2. The van der Waals surface area contributed by atoms with Crippen molar-refractivity contribution >= 4 is 5.91 Å². The van der Waals surface area contributed by atoms with Crippen molar-refractivity contribution in [2.24, 2.45) is 5.92 Å². The van der Waals surface area contributed by atoms with E-state index in [1.54, 1.807) is 0 Å². The number of rotatable bonds is 7. The Morgan fingerprint density at radius 3 is 2.70 bits per heavy atom. The number of hydrogen-bond donors (Lipinski definition) is 2. The molecule has 20 heavy (non-hydrogen) atoms. The van der Waals surface area contributed by atoms with Gasteiger partial charge in [0.15, 0.2) is 0 Å². The molecule has 1 rings (SSSR count). The fraction of sp³-hybridized carbons (Fsp3) is 0.812. The molecular formula is C16H29N3O. The maximum absolute atomic E-state index is 12.2. The molecule has 1 amide bonds. The van der Waals surface area contributed by atoms with Crippen molar-refractivity contribution in [1.29, 1.82) is 0 Å². The standard InChI is InChI=1S/C16H29N3O/c1-5-16(6-2,7-3)18-15(20)13-19-10-8-9-14(12-19)11-17-4/h1,14,17H,6-13H2,2-4H3,(H,18,20). The van der Waals surface area contributed by atoms with Gasteiger partial charge in [0.25, 0.3) is 0 Å². The summed E-state index contributed by atoms with van der Waals surface area (Å²) in [7, 11) is 1.98. The molecule has 0 aromatic heterocycles. The molecule has 1 atom stereocenters. The Morgan fingerprint density at radius 2 is 2.15 bits per heavy atom. The van der Waals surface area contributed by atoms with Crippen molar-refractivity contribution in [3.05, 3.63) is 0 Å². The molecular weight excluding hydrogens is 250 g/mol. The van der Waals surface area contributed by atoms with Crippen LogP contribution in [0.3, 0.4) is 0 Å². The first-order valence-corrected chi connectivity index (χ1v) is 7.74. The predicted molar refractivity (Wildman–Crippen MR) is 83.4 cm³/mol. The summed E-state index contributed by atoms with van der Waals surface area (Å²) in [5, 5.41) is 6.26. The van der Waals surface area contributed by atoms with Crippen molar-refractivity contribution in [2.45, 2.75) is 45.1 Å². The van der Waals surface area contributed by atoms with Crippen LogP contribution in [0.25, 0.3) is 0 Å². The van der Waals surface area contributed by atoms with E-state index in [0.717, 1.165) is 32.5 Å². The summed E-state index contributed by atoms with van der Waals surface area (Å²) < 4.78 is 0. The van der Waals surface area contributed by atoms with E-state index in [0.29, 0.717) is 12.5 Å². The first-order chi connectivity index (χ1) is 9.59. The fourth-order valence-corrected chi connectivity index (χ4v) is 2.93. The van der Waals surface area contributed by atoms with Crippen LogP contribution in [0.2, 0.25) is 0 Å².